The van der Waals surface area contributed by atoms with E-state index in [-0.39, 0.29) is 0 Å². The molecule has 1 aliphatic rings. The molecule has 4 nitrogen and oxygen atoms in total. The maximum absolute atomic E-state index is 5.81. The second kappa shape index (κ2) is 4.90. The van der Waals surface area contributed by atoms with Crippen LogP contribution in [0.25, 0.3) is 11.1 Å². The van der Waals surface area contributed by atoms with Crippen LogP contribution in [0.5, 0.6) is 11.5 Å². The van der Waals surface area contributed by atoms with Gasteiger partial charge in [-0.1, -0.05) is 0 Å². The van der Waals surface area contributed by atoms with Crippen molar-refractivity contribution in [3.8, 4) is 22.6 Å². The SMILES string of the molecule is COc1cncc(-c2cc(CN)c3c(c2)CCO3)c1. The number of ether oxygens (including phenoxy) is 2. The zero-order valence-corrected chi connectivity index (χ0v) is 10.8. The molecule has 1 aromatic carbocycles. The van der Waals surface area contributed by atoms with Gasteiger partial charge >= 0.3 is 0 Å². The number of rotatable bonds is 3. The quantitative estimate of drug-likeness (QED) is 0.914. The highest BCUT2D eigenvalue weighted by atomic mass is 16.5. The number of pyridine rings is 1. The summed E-state index contributed by atoms with van der Waals surface area (Å²) in [6.45, 7) is 1.22. The molecule has 0 spiro atoms. The van der Waals surface area contributed by atoms with Gasteiger partial charge in [0.15, 0.2) is 0 Å². The molecular formula is C15H16N2O2. The molecule has 1 aromatic heterocycles. The summed E-state index contributed by atoms with van der Waals surface area (Å²) < 4.78 is 10.8. The Labute approximate surface area is 112 Å². The largest absolute Gasteiger partial charge is 0.495 e. The molecule has 0 fully saturated rings. The monoisotopic (exact) mass is 256 g/mol. The molecule has 2 aromatic rings. The molecule has 98 valence electrons. The van der Waals surface area contributed by atoms with Crippen LogP contribution in [0.1, 0.15) is 11.1 Å². The highest BCUT2D eigenvalue weighted by molar-refractivity contribution is 5.68. The third-order valence-corrected chi connectivity index (χ3v) is 3.36. The van der Waals surface area contributed by atoms with Gasteiger partial charge in [-0.3, -0.25) is 4.98 Å². The van der Waals surface area contributed by atoms with Crippen molar-refractivity contribution in [3.05, 3.63) is 41.7 Å². The standard InChI is InChI=1S/C15H16N2O2/c1-18-14-6-13(8-17-9-14)11-4-10-2-3-19-15(10)12(5-11)7-16/h4-6,8-9H,2-3,7,16H2,1H3. The Morgan fingerprint density at radius 2 is 2.16 bits per heavy atom. The van der Waals surface area contributed by atoms with E-state index in [9.17, 15) is 0 Å². The second-order valence-electron chi connectivity index (χ2n) is 4.54. The number of fused-ring (bicyclic) bond motifs is 1. The predicted octanol–water partition coefficient (Wildman–Crippen LogP) is 2.15. The zero-order chi connectivity index (χ0) is 13.2. The number of nitrogens with two attached hydrogens (primary N) is 1. The van der Waals surface area contributed by atoms with Gasteiger partial charge in [-0.25, -0.2) is 0 Å². The van der Waals surface area contributed by atoms with E-state index in [1.54, 1.807) is 13.3 Å². The Kier molecular flexibility index (Phi) is 3.09. The van der Waals surface area contributed by atoms with Crippen molar-refractivity contribution in [2.45, 2.75) is 13.0 Å². The van der Waals surface area contributed by atoms with Crippen LogP contribution in [0.2, 0.25) is 0 Å². The van der Waals surface area contributed by atoms with Crippen molar-refractivity contribution in [1.82, 2.24) is 4.98 Å². The van der Waals surface area contributed by atoms with Gasteiger partial charge in [0.2, 0.25) is 0 Å². The Balaban J connectivity index is 2.10. The molecule has 19 heavy (non-hydrogen) atoms. The summed E-state index contributed by atoms with van der Waals surface area (Å²) in [5.41, 5.74) is 10.2. The molecule has 0 aliphatic carbocycles. The average molecular weight is 256 g/mol. The van der Waals surface area contributed by atoms with Crippen molar-refractivity contribution < 1.29 is 9.47 Å². The van der Waals surface area contributed by atoms with Crippen LogP contribution in [-0.4, -0.2) is 18.7 Å². The number of nitrogens with zero attached hydrogens (tertiary/aromatic N) is 1. The maximum Gasteiger partial charge on any atom is 0.137 e. The number of methoxy groups -OCH3 is 1. The van der Waals surface area contributed by atoms with Gasteiger partial charge in [0.05, 0.1) is 19.9 Å². The summed E-state index contributed by atoms with van der Waals surface area (Å²) >= 11 is 0. The summed E-state index contributed by atoms with van der Waals surface area (Å²) in [5, 5.41) is 0. The maximum atomic E-state index is 5.81. The minimum Gasteiger partial charge on any atom is -0.495 e. The van der Waals surface area contributed by atoms with Crippen molar-refractivity contribution >= 4 is 0 Å². The van der Waals surface area contributed by atoms with Gasteiger partial charge in [-0.15, -0.1) is 0 Å². The smallest absolute Gasteiger partial charge is 0.137 e. The molecule has 1 aliphatic heterocycles. The van der Waals surface area contributed by atoms with Gasteiger partial charge in [0.1, 0.15) is 11.5 Å². The summed E-state index contributed by atoms with van der Waals surface area (Å²) in [5.74, 6) is 1.71. The normalized spacial score (nSPS) is 12.9. The van der Waals surface area contributed by atoms with E-state index < -0.39 is 0 Å². The molecule has 0 radical (unpaired) electrons. The Morgan fingerprint density at radius 3 is 2.95 bits per heavy atom. The topological polar surface area (TPSA) is 57.4 Å². The fourth-order valence-electron chi connectivity index (χ4n) is 2.40. The highest BCUT2D eigenvalue weighted by Gasteiger charge is 2.17. The first-order chi connectivity index (χ1) is 9.31. The van der Waals surface area contributed by atoms with Gasteiger partial charge in [0.25, 0.3) is 0 Å². The summed E-state index contributed by atoms with van der Waals surface area (Å²) in [4.78, 5) is 4.19. The van der Waals surface area contributed by atoms with Crippen molar-refractivity contribution in [3.63, 3.8) is 0 Å². The lowest BCUT2D eigenvalue weighted by atomic mass is 9.99. The van der Waals surface area contributed by atoms with Crippen LogP contribution in [-0.2, 0) is 13.0 Å². The third-order valence-electron chi connectivity index (χ3n) is 3.36. The first kappa shape index (κ1) is 12.0. The molecule has 0 atom stereocenters. The minimum absolute atomic E-state index is 0.480. The Hall–Kier alpha value is -2.07. The number of aromatic nitrogens is 1. The minimum atomic E-state index is 0.480. The number of hydrogen-bond donors (Lipinski definition) is 1. The van der Waals surface area contributed by atoms with Gasteiger partial charge in [0, 0.05) is 30.3 Å². The first-order valence-corrected chi connectivity index (χ1v) is 6.30. The van der Waals surface area contributed by atoms with E-state index in [0.29, 0.717) is 6.54 Å². The lowest BCUT2D eigenvalue weighted by Crippen LogP contribution is -2.00. The Morgan fingerprint density at radius 1 is 1.26 bits per heavy atom. The molecule has 2 heterocycles. The fraction of sp³-hybridized carbons (Fsp3) is 0.267. The lowest BCUT2D eigenvalue weighted by Gasteiger charge is -2.10. The van der Waals surface area contributed by atoms with Gasteiger partial charge < -0.3 is 15.2 Å². The van der Waals surface area contributed by atoms with E-state index in [2.05, 4.69) is 17.1 Å². The van der Waals surface area contributed by atoms with E-state index in [1.165, 1.54) is 5.56 Å². The first-order valence-electron chi connectivity index (χ1n) is 6.30. The lowest BCUT2D eigenvalue weighted by molar-refractivity contribution is 0.353. The predicted molar refractivity (Wildman–Crippen MR) is 73.3 cm³/mol. The molecule has 0 amide bonds. The van der Waals surface area contributed by atoms with E-state index in [1.807, 2.05) is 12.3 Å². The van der Waals surface area contributed by atoms with Crippen LogP contribution in [0, 0.1) is 0 Å². The zero-order valence-electron chi connectivity index (χ0n) is 10.8. The number of benzene rings is 1. The highest BCUT2D eigenvalue weighted by Crippen LogP contribution is 2.34. The van der Waals surface area contributed by atoms with Crippen LogP contribution in [0.3, 0.4) is 0 Å². The van der Waals surface area contributed by atoms with Gasteiger partial charge in [-0.05, 0) is 29.3 Å². The van der Waals surface area contributed by atoms with Crippen LogP contribution in [0.4, 0.5) is 0 Å². The van der Waals surface area contributed by atoms with E-state index in [4.69, 9.17) is 15.2 Å². The van der Waals surface area contributed by atoms with E-state index in [0.717, 1.165) is 41.2 Å². The molecule has 0 bridgehead atoms. The van der Waals surface area contributed by atoms with Crippen molar-refractivity contribution in [2.75, 3.05) is 13.7 Å². The molecule has 4 heteroatoms. The molecule has 0 unspecified atom stereocenters. The summed E-state index contributed by atoms with van der Waals surface area (Å²) in [7, 11) is 1.64. The fourth-order valence-corrected chi connectivity index (χ4v) is 2.40. The van der Waals surface area contributed by atoms with Gasteiger partial charge in [-0.2, -0.15) is 0 Å². The molecular weight excluding hydrogens is 240 g/mol. The Bertz CT molecular complexity index is 611. The van der Waals surface area contributed by atoms with Crippen LogP contribution in [0.15, 0.2) is 30.6 Å². The second-order valence-corrected chi connectivity index (χ2v) is 4.54. The van der Waals surface area contributed by atoms with Crippen molar-refractivity contribution in [1.29, 1.82) is 0 Å². The molecule has 0 saturated carbocycles. The van der Waals surface area contributed by atoms with Crippen LogP contribution >= 0.6 is 0 Å². The third kappa shape index (κ3) is 2.15. The van der Waals surface area contributed by atoms with Crippen molar-refractivity contribution in [2.24, 2.45) is 5.73 Å². The molecule has 3 rings (SSSR count). The van der Waals surface area contributed by atoms with E-state index >= 15 is 0 Å². The molecule has 0 saturated heterocycles. The average Bonchev–Trinajstić information content (AvgIpc) is 2.94. The summed E-state index contributed by atoms with van der Waals surface area (Å²) in [6.07, 6.45) is 4.47. The molecule has 2 N–H and O–H groups in total. The van der Waals surface area contributed by atoms with Crippen LogP contribution < -0.4 is 15.2 Å². The summed E-state index contributed by atoms with van der Waals surface area (Å²) in [6, 6.07) is 6.20. The number of hydrogen-bond acceptors (Lipinski definition) is 4.